The van der Waals surface area contributed by atoms with Gasteiger partial charge in [-0.05, 0) is 12.1 Å². The summed E-state index contributed by atoms with van der Waals surface area (Å²) in [5, 5.41) is 2.87. The highest BCUT2D eigenvalue weighted by Gasteiger charge is 2.32. The van der Waals surface area contributed by atoms with Crippen molar-refractivity contribution in [3.05, 3.63) is 29.8 Å². The van der Waals surface area contributed by atoms with Gasteiger partial charge in [0.25, 0.3) is 0 Å². The molecule has 1 aromatic carbocycles. The van der Waals surface area contributed by atoms with Gasteiger partial charge in [0.05, 0.1) is 7.11 Å². The van der Waals surface area contributed by atoms with Gasteiger partial charge in [0.15, 0.2) is 17.4 Å². The van der Waals surface area contributed by atoms with Gasteiger partial charge < -0.3 is 14.8 Å². The summed E-state index contributed by atoms with van der Waals surface area (Å²) in [4.78, 5) is 11.3. The first-order valence-corrected chi connectivity index (χ1v) is 5.53. The molecule has 0 spiro atoms. The number of esters is 1. The zero-order valence-electron chi connectivity index (χ0n) is 9.78. The lowest BCUT2D eigenvalue weighted by Gasteiger charge is -2.13. The SMILES string of the molecule is COC(=O)C1CC(Oc2c(F)cccc2F)CN1. The Morgan fingerprint density at radius 1 is 1.39 bits per heavy atom. The molecule has 4 nitrogen and oxygen atoms in total. The normalized spacial score (nSPS) is 22.8. The van der Waals surface area contributed by atoms with Crippen LogP contribution in [-0.4, -0.2) is 31.8 Å². The number of nitrogens with one attached hydrogen (secondary N) is 1. The van der Waals surface area contributed by atoms with Crippen molar-refractivity contribution >= 4 is 5.97 Å². The molecule has 1 aliphatic rings. The van der Waals surface area contributed by atoms with Crippen molar-refractivity contribution < 1.29 is 23.0 Å². The summed E-state index contributed by atoms with van der Waals surface area (Å²) in [6, 6.07) is 3.02. The summed E-state index contributed by atoms with van der Waals surface area (Å²) in [5.74, 6) is -2.32. The van der Waals surface area contributed by atoms with Crippen LogP contribution < -0.4 is 10.1 Å². The van der Waals surface area contributed by atoms with E-state index in [1.807, 2.05) is 0 Å². The summed E-state index contributed by atoms with van der Waals surface area (Å²) in [6.07, 6.45) is -0.138. The van der Waals surface area contributed by atoms with Crippen LogP contribution in [0, 0.1) is 11.6 Å². The molecular formula is C12H13F2NO3. The molecule has 1 fully saturated rings. The highest BCUT2D eigenvalue weighted by Crippen LogP contribution is 2.24. The third-order valence-electron chi connectivity index (χ3n) is 2.78. The maximum atomic E-state index is 13.3. The third kappa shape index (κ3) is 2.59. The van der Waals surface area contributed by atoms with Gasteiger partial charge in [-0.25, -0.2) is 8.78 Å². The molecule has 0 bridgehead atoms. The molecule has 2 unspecified atom stereocenters. The van der Waals surface area contributed by atoms with Crippen molar-refractivity contribution in [1.29, 1.82) is 0 Å². The van der Waals surface area contributed by atoms with Gasteiger partial charge in [-0.1, -0.05) is 6.07 Å². The summed E-state index contributed by atoms with van der Waals surface area (Å²) in [6.45, 7) is 0.341. The molecule has 98 valence electrons. The van der Waals surface area contributed by atoms with Crippen LogP contribution in [0.1, 0.15) is 6.42 Å². The summed E-state index contributed by atoms with van der Waals surface area (Å²) >= 11 is 0. The van der Waals surface area contributed by atoms with E-state index in [1.165, 1.54) is 13.2 Å². The molecular weight excluding hydrogens is 244 g/mol. The topological polar surface area (TPSA) is 47.6 Å². The second kappa shape index (κ2) is 5.30. The number of para-hydroxylation sites is 1. The van der Waals surface area contributed by atoms with E-state index in [4.69, 9.17) is 4.74 Å². The van der Waals surface area contributed by atoms with E-state index in [9.17, 15) is 13.6 Å². The minimum absolute atomic E-state index is 0.320. The highest BCUT2D eigenvalue weighted by atomic mass is 19.1. The van der Waals surface area contributed by atoms with Crippen LogP contribution in [0.3, 0.4) is 0 Å². The van der Waals surface area contributed by atoms with Crippen LogP contribution in [-0.2, 0) is 9.53 Å². The number of methoxy groups -OCH3 is 1. The lowest BCUT2D eigenvalue weighted by atomic mass is 10.2. The number of rotatable bonds is 3. The lowest BCUT2D eigenvalue weighted by molar-refractivity contribution is -0.142. The second-order valence-corrected chi connectivity index (χ2v) is 4.01. The highest BCUT2D eigenvalue weighted by molar-refractivity contribution is 5.76. The maximum absolute atomic E-state index is 13.3. The smallest absolute Gasteiger partial charge is 0.323 e. The Hall–Kier alpha value is -1.69. The molecule has 1 aliphatic heterocycles. The van der Waals surface area contributed by atoms with Crippen LogP contribution in [0.25, 0.3) is 0 Å². The van der Waals surface area contributed by atoms with Crippen LogP contribution in [0.15, 0.2) is 18.2 Å². The first kappa shape index (κ1) is 12.8. The number of carbonyl (C=O) groups is 1. The Balaban J connectivity index is 2.02. The fourth-order valence-electron chi connectivity index (χ4n) is 1.88. The lowest BCUT2D eigenvalue weighted by Crippen LogP contribution is -2.31. The van der Waals surface area contributed by atoms with E-state index in [2.05, 4.69) is 10.1 Å². The first-order chi connectivity index (χ1) is 8.61. The Morgan fingerprint density at radius 2 is 2.06 bits per heavy atom. The van der Waals surface area contributed by atoms with Gasteiger partial charge in [-0.15, -0.1) is 0 Å². The second-order valence-electron chi connectivity index (χ2n) is 4.01. The number of hydrogen-bond donors (Lipinski definition) is 1. The Kier molecular flexibility index (Phi) is 3.76. The van der Waals surface area contributed by atoms with Gasteiger partial charge in [-0.2, -0.15) is 0 Å². The molecule has 18 heavy (non-hydrogen) atoms. The number of hydrogen-bond acceptors (Lipinski definition) is 4. The quantitative estimate of drug-likeness (QED) is 0.828. The van der Waals surface area contributed by atoms with Gasteiger partial charge in [-0.3, -0.25) is 4.79 Å². The van der Waals surface area contributed by atoms with Crippen molar-refractivity contribution in [3.8, 4) is 5.75 Å². The molecule has 2 rings (SSSR count). The van der Waals surface area contributed by atoms with E-state index >= 15 is 0 Å². The zero-order chi connectivity index (χ0) is 13.1. The van der Waals surface area contributed by atoms with E-state index in [1.54, 1.807) is 0 Å². The minimum Gasteiger partial charge on any atom is -0.483 e. The van der Waals surface area contributed by atoms with E-state index in [0.717, 1.165) is 12.1 Å². The molecule has 1 heterocycles. The average molecular weight is 257 g/mol. The largest absolute Gasteiger partial charge is 0.483 e. The van der Waals surface area contributed by atoms with Crippen LogP contribution in [0.4, 0.5) is 8.78 Å². The van der Waals surface area contributed by atoms with E-state index in [0.29, 0.717) is 13.0 Å². The van der Waals surface area contributed by atoms with Gasteiger partial charge in [0.2, 0.25) is 0 Å². The van der Waals surface area contributed by atoms with Crippen molar-refractivity contribution in [2.75, 3.05) is 13.7 Å². The standard InChI is InChI=1S/C12H13F2NO3/c1-17-12(16)10-5-7(6-15-10)18-11-8(13)3-2-4-9(11)14/h2-4,7,10,15H,5-6H2,1H3. The zero-order valence-corrected chi connectivity index (χ0v) is 9.78. The predicted octanol–water partition coefficient (Wildman–Crippen LogP) is 1.25. The fourth-order valence-corrected chi connectivity index (χ4v) is 1.88. The first-order valence-electron chi connectivity index (χ1n) is 5.53. The molecule has 0 aromatic heterocycles. The minimum atomic E-state index is -0.753. The summed E-state index contributed by atoms with van der Waals surface area (Å²) in [7, 11) is 1.29. The molecule has 6 heteroatoms. The van der Waals surface area contributed by atoms with Gasteiger partial charge in [0.1, 0.15) is 12.1 Å². The van der Waals surface area contributed by atoms with E-state index in [-0.39, 0.29) is 0 Å². The molecule has 1 aromatic rings. The van der Waals surface area contributed by atoms with E-state index < -0.39 is 35.5 Å². The maximum Gasteiger partial charge on any atom is 0.323 e. The number of benzene rings is 1. The molecule has 1 saturated heterocycles. The fraction of sp³-hybridized carbons (Fsp3) is 0.417. The number of carbonyl (C=O) groups excluding carboxylic acids is 1. The molecule has 0 aliphatic carbocycles. The average Bonchev–Trinajstić information content (AvgIpc) is 2.81. The molecule has 0 amide bonds. The number of ether oxygens (including phenoxy) is 2. The third-order valence-corrected chi connectivity index (χ3v) is 2.78. The molecule has 2 atom stereocenters. The van der Waals surface area contributed by atoms with Crippen LogP contribution in [0.2, 0.25) is 0 Å². The van der Waals surface area contributed by atoms with Crippen molar-refractivity contribution in [2.24, 2.45) is 0 Å². The Morgan fingerprint density at radius 3 is 2.67 bits per heavy atom. The van der Waals surface area contributed by atoms with Crippen molar-refractivity contribution in [1.82, 2.24) is 5.32 Å². The summed E-state index contributed by atoms with van der Waals surface area (Å²) in [5.41, 5.74) is 0. The van der Waals surface area contributed by atoms with Crippen LogP contribution >= 0.6 is 0 Å². The number of halogens is 2. The van der Waals surface area contributed by atoms with Gasteiger partial charge >= 0.3 is 5.97 Å². The predicted molar refractivity (Wildman–Crippen MR) is 59.2 cm³/mol. The summed E-state index contributed by atoms with van der Waals surface area (Å²) < 4.78 is 36.5. The van der Waals surface area contributed by atoms with Gasteiger partial charge in [0, 0.05) is 13.0 Å². The van der Waals surface area contributed by atoms with Crippen molar-refractivity contribution in [3.63, 3.8) is 0 Å². The van der Waals surface area contributed by atoms with Crippen molar-refractivity contribution in [2.45, 2.75) is 18.6 Å². The Bertz CT molecular complexity index is 433. The monoisotopic (exact) mass is 257 g/mol. The van der Waals surface area contributed by atoms with Crippen LogP contribution in [0.5, 0.6) is 5.75 Å². The molecule has 0 radical (unpaired) electrons. The molecule has 1 N–H and O–H groups in total. The Labute approximate surface area is 103 Å². The molecule has 0 saturated carbocycles.